The van der Waals surface area contributed by atoms with Gasteiger partial charge in [-0.15, -0.1) is 0 Å². The maximum Gasteiger partial charge on any atom is 0.255 e. The fraction of sp³-hybridized carbons (Fsp3) is 0.500. The number of hydrogen-bond acceptors (Lipinski definition) is 6. The molecule has 2 aliphatic rings. The highest BCUT2D eigenvalue weighted by Gasteiger charge is 2.34. The third-order valence-corrected chi connectivity index (χ3v) is 7.43. The first kappa shape index (κ1) is 27.0. The minimum absolute atomic E-state index is 0.0854. The quantitative estimate of drug-likeness (QED) is 0.378. The molecule has 0 bridgehead atoms. The first-order valence-electron chi connectivity index (χ1n) is 13.3. The summed E-state index contributed by atoms with van der Waals surface area (Å²) in [7, 11) is 1.42. The Morgan fingerprint density at radius 2 is 1.92 bits per heavy atom. The van der Waals surface area contributed by atoms with Crippen molar-refractivity contribution in [2.75, 3.05) is 20.3 Å². The molecule has 5 rings (SSSR count). The van der Waals surface area contributed by atoms with Crippen molar-refractivity contribution in [3.63, 3.8) is 0 Å². The molecule has 0 spiro atoms. The van der Waals surface area contributed by atoms with Crippen LogP contribution >= 0.6 is 0 Å². The van der Waals surface area contributed by atoms with E-state index in [1.165, 1.54) is 13.4 Å². The Morgan fingerprint density at radius 3 is 2.64 bits per heavy atom. The van der Waals surface area contributed by atoms with Crippen LogP contribution in [-0.4, -0.2) is 65.3 Å². The third-order valence-electron chi connectivity index (χ3n) is 7.43. The van der Waals surface area contributed by atoms with E-state index in [2.05, 4.69) is 25.6 Å². The number of nitrogens with zero attached hydrogens (tertiary/aromatic N) is 2. The molecule has 39 heavy (non-hydrogen) atoms. The Morgan fingerprint density at radius 1 is 1.13 bits per heavy atom. The molecule has 0 saturated heterocycles. The van der Waals surface area contributed by atoms with Crippen molar-refractivity contribution in [1.82, 2.24) is 25.6 Å². The number of amides is 2. The average Bonchev–Trinajstić information content (AvgIpc) is 3.66. The minimum atomic E-state index is -1.33. The zero-order chi connectivity index (χ0) is 27.7. The van der Waals surface area contributed by atoms with E-state index < -0.39 is 23.9 Å². The van der Waals surface area contributed by atoms with Gasteiger partial charge in [-0.25, -0.2) is 18.7 Å². The molecule has 2 heterocycles. The number of rotatable bonds is 9. The molecule has 9 nitrogen and oxygen atoms in total. The molecular weight excluding hydrogens is 508 g/mol. The van der Waals surface area contributed by atoms with E-state index in [4.69, 9.17) is 9.47 Å². The standard InChI is InChI=1S/C28H33F2N5O4/c1-14-4-9-20(39-11-16-5-6-16)23(24(14)30)26-27-25(31-13-32-26)22(15(2)33-27)28(37)35-19-8-7-17(10-18(19)29)34-21(36)12-38-3/h4,9,13,16-19,33H,5-8,10-12H2,1-3H3,(H,34,36)(H,35,37). The number of aryl methyl sites for hydroxylation is 2. The highest BCUT2D eigenvalue weighted by atomic mass is 19.1. The van der Waals surface area contributed by atoms with E-state index in [9.17, 15) is 9.59 Å². The molecule has 0 aliphatic heterocycles. The Hall–Kier alpha value is -3.60. The second-order valence-corrected chi connectivity index (χ2v) is 10.5. The van der Waals surface area contributed by atoms with Crippen LogP contribution in [0.3, 0.4) is 0 Å². The molecule has 2 aromatic heterocycles. The summed E-state index contributed by atoms with van der Waals surface area (Å²) in [6.07, 6.45) is 3.13. The molecule has 1 aromatic carbocycles. The summed E-state index contributed by atoms with van der Waals surface area (Å²) in [4.78, 5) is 37.0. The number of benzene rings is 1. The first-order valence-corrected chi connectivity index (χ1v) is 13.3. The van der Waals surface area contributed by atoms with Gasteiger partial charge in [0, 0.05) is 25.3 Å². The van der Waals surface area contributed by atoms with Gasteiger partial charge in [0.25, 0.3) is 5.91 Å². The molecule has 208 valence electrons. The van der Waals surface area contributed by atoms with Gasteiger partial charge in [-0.1, -0.05) is 6.07 Å². The molecule has 2 fully saturated rings. The van der Waals surface area contributed by atoms with Gasteiger partial charge >= 0.3 is 0 Å². The molecule has 3 unspecified atom stereocenters. The summed E-state index contributed by atoms with van der Waals surface area (Å²) < 4.78 is 41.3. The summed E-state index contributed by atoms with van der Waals surface area (Å²) in [6.45, 7) is 3.81. The van der Waals surface area contributed by atoms with Crippen LogP contribution in [0, 0.1) is 25.6 Å². The average molecular weight is 542 g/mol. The predicted octanol–water partition coefficient (Wildman–Crippen LogP) is 3.92. The number of ether oxygens (including phenoxy) is 2. The number of aromatic nitrogens is 3. The van der Waals surface area contributed by atoms with Crippen LogP contribution in [-0.2, 0) is 9.53 Å². The fourth-order valence-electron chi connectivity index (χ4n) is 5.13. The van der Waals surface area contributed by atoms with Crippen molar-refractivity contribution in [1.29, 1.82) is 0 Å². The highest BCUT2D eigenvalue weighted by Crippen LogP contribution is 2.39. The molecule has 3 N–H and O–H groups in total. The van der Waals surface area contributed by atoms with Gasteiger partial charge in [-0.2, -0.15) is 0 Å². The van der Waals surface area contributed by atoms with E-state index in [0.717, 1.165) is 12.8 Å². The lowest BCUT2D eigenvalue weighted by atomic mass is 9.89. The SMILES string of the molecule is COCC(=O)NC1CCC(NC(=O)c2c(C)[nH]c3c(-c4c(OCC5CC5)ccc(C)c4F)ncnc23)C(F)C1. The Labute approximate surface area is 225 Å². The number of halogens is 2. The van der Waals surface area contributed by atoms with Crippen LogP contribution in [0.4, 0.5) is 8.78 Å². The zero-order valence-electron chi connectivity index (χ0n) is 22.3. The van der Waals surface area contributed by atoms with Crippen molar-refractivity contribution in [2.24, 2.45) is 5.92 Å². The summed E-state index contributed by atoms with van der Waals surface area (Å²) in [5.74, 6) is -0.359. The first-order chi connectivity index (χ1) is 18.8. The second-order valence-electron chi connectivity index (χ2n) is 10.5. The largest absolute Gasteiger partial charge is 0.492 e. The predicted molar refractivity (Wildman–Crippen MR) is 141 cm³/mol. The number of hydrogen-bond donors (Lipinski definition) is 3. The van der Waals surface area contributed by atoms with Gasteiger partial charge in [-0.05, 0) is 57.1 Å². The number of H-pyrrole nitrogens is 1. The van der Waals surface area contributed by atoms with Gasteiger partial charge in [0.05, 0.1) is 29.3 Å². The topological polar surface area (TPSA) is 118 Å². The van der Waals surface area contributed by atoms with E-state index >= 15 is 8.78 Å². The van der Waals surface area contributed by atoms with E-state index in [0.29, 0.717) is 59.1 Å². The number of methoxy groups -OCH3 is 1. The van der Waals surface area contributed by atoms with Gasteiger partial charge in [-0.3, -0.25) is 9.59 Å². The maximum atomic E-state index is 15.5. The molecule has 3 aromatic rings. The highest BCUT2D eigenvalue weighted by molar-refractivity contribution is 6.09. The van der Waals surface area contributed by atoms with Crippen molar-refractivity contribution >= 4 is 22.8 Å². The normalized spacial score (nSPS) is 21.1. The molecular formula is C28H33F2N5O4. The fourth-order valence-corrected chi connectivity index (χ4v) is 5.13. The molecule has 0 radical (unpaired) electrons. The van der Waals surface area contributed by atoms with Gasteiger partial charge in [0.2, 0.25) is 5.91 Å². The number of carbonyl (C=O) groups is 2. The van der Waals surface area contributed by atoms with Crippen LogP contribution in [0.2, 0.25) is 0 Å². The van der Waals surface area contributed by atoms with Crippen LogP contribution < -0.4 is 15.4 Å². The number of carbonyl (C=O) groups excluding carboxylic acids is 2. The van der Waals surface area contributed by atoms with E-state index in [-0.39, 0.29) is 36.1 Å². The van der Waals surface area contributed by atoms with Crippen LogP contribution in [0.1, 0.15) is 53.7 Å². The van der Waals surface area contributed by atoms with Gasteiger partial charge < -0.3 is 25.1 Å². The van der Waals surface area contributed by atoms with Crippen LogP contribution in [0.25, 0.3) is 22.3 Å². The van der Waals surface area contributed by atoms with Gasteiger partial charge in [0.1, 0.15) is 41.9 Å². The number of nitrogens with one attached hydrogen (secondary N) is 3. The summed E-state index contributed by atoms with van der Waals surface area (Å²) in [5, 5.41) is 5.56. The molecule has 2 amide bonds. The number of fused-ring (bicyclic) bond motifs is 1. The third kappa shape index (κ3) is 5.73. The summed E-state index contributed by atoms with van der Waals surface area (Å²) in [5.41, 5.74) is 2.44. The zero-order valence-corrected chi connectivity index (χ0v) is 22.3. The number of alkyl halides is 1. The Kier molecular flexibility index (Phi) is 7.79. The minimum Gasteiger partial charge on any atom is -0.492 e. The van der Waals surface area contributed by atoms with Crippen molar-refractivity contribution in [3.8, 4) is 17.0 Å². The Bertz CT molecular complexity index is 1390. The molecule has 11 heteroatoms. The van der Waals surface area contributed by atoms with Gasteiger partial charge in [0.15, 0.2) is 0 Å². The number of aromatic amines is 1. The summed E-state index contributed by atoms with van der Waals surface area (Å²) >= 11 is 0. The lowest BCUT2D eigenvalue weighted by molar-refractivity contribution is -0.125. The lowest BCUT2D eigenvalue weighted by Gasteiger charge is -2.32. The van der Waals surface area contributed by atoms with Crippen LogP contribution in [0.5, 0.6) is 5.75 Å². The van der Waals surface area contributed by atoms with E-state index in [1.807, 2.05) is 0 Å². The maximum absolute atomic E-state index is 15.5. The summed E-state index contributed by atoms with van der Waals surface area (Å²) in [6, 6.07) is 2.38. The molecule has 2 saturated carbocycles. The second kappa shape index (κ2) is 11.3. The van der Waals surface area contributed by atoms with E-state index in [1.54, 1.807) is 26.0 Å². The Balaban J connectivity index is 1.39. The van der Waals surface area contributed by atoms with Crippen molar-refractivity contribution in [2.45, 2.75) is 64.2 Å². The van der Waals surface area contributed by atoms with Crippen molar-refractivity contribution < 1.29 is 27.8 Å². The molecule has 2 aliphatic carbocycles. The lowest BCUT2D eigenvalue weighted by Crippen LogP contribution is -2.50. The van der Waals surface area contributed by atoms with Crippen molar-refractivity contribution in [3.05, 3.63) is 41.1 Å². The molecule has 3 atom stereocenters. The van der Waals surface area contributed by atoms with Crippen LogP contribution in [0.15, 0.2) is 18.5 Å². The monoisotopic (exact) mass is 541 g/mol. The smallest absolute Gasteiger partial charge is 0.255 e.